The summed E-state index contributed by atoms with van der Waals surface area (Å²) in [5.74, 6) is 0.131. The summed E-state index contributed by atoms with van der Waals surface area (Å²) in [6.45, 7) is 5.30. The molecule has 0 spiro atoms. The highest BCUT2D eigenvalue weighted by atomic mass is 32.2. The Morgan fingerprint density at radius 2 is 1.86 bits per heavy atom. The molecular formula is C16H23NO4S. The van der Waals surface area contributed by atoms with E-state index in [0.29, 0.717) is 6.42 Å². The summed E-state index contributed by atoms with van der Waals surface area (Å²) in [7, 11) is 2.93. The second-order valence-corrected chi connectivity index (χ2v) is 6.52. The molecule has 1 aromatic carbocycles. The summed E-state index contributed by atoms with van der Waals surface area (Å²) in [5, 5.41) is 2.45. The van der Waals surface area contributed by atoms with Gasteiger partial charge in [-0.05, 0) is 44.5 Å². The molecule has 122 valence electrons. The lowest BCUT2D eigenvalue weighted by atomic mass is 9.99. The quantitative estimate of drug-likeness (QED) is 0.617. The number of nitrogens with one attached hydrogen (secondary N) is 1. The molecule has 0 saturated heterocycles. The first-order valence-electron chi connectivity index (χ1n) is 7.07. The van der Waals surface area contributed by atoms with Crippen molar-refractivity contribution in [2.24, 2.45) is 0 Å². The van der Waals surface area contributed by atoms with Crippen LogP contribution in [-0.2, 0) is 14.3 Å². The van der Waals surface area contributed by atoms with E-state index >= 15 is 0 Å². The summed E-state index contributed by atoms with van der Waals surface area (Å²) >= 11 is 1.42. The van der Waals surface area contributed by atoms with E-state index in [2.05, 4.69) is 5.32 Å². The van der Waals surface area contributed by atoms with Crippen LogP contribution in [0.1, 0.15) is 27.2 Å². The van der Waals surface area contributed by atoms with Gasteiger partial charge in [0.2, 0.25) is 5.91 Å². The van der Waals surface area contributed by atoms with Crippen molar-refractivity contribution in [1.82, 2.24) is 5.32 Å². The minimum absolute atomic E-state index is 0.199. The number of amides is 1. The van der Waals surface area contributed by atoms with Gasteiger partial charge in [-0.25, -0.2) is 4.79 Å². The Kier molecular flexibility index (Phi) is 6.74. The summed E-state index contributed by atoms with van der Waals surface area (Å²) in [6.07, 6.45) is 0.464. The molecule has 1 N–H and O–H groups in total. The van der Waals surface area contributed by atoms with E-state index in [1.807, 2.05) is 31.2 Å². The van der Waals surface area contributed by atoms with Crippen LogP contribution in [0, 0.1) is 0 Å². The summed E-state index contributed by atoms with van der Waals surface area (Å²) < 4.78 is 9.86. The molecule has 0 fully saturated rings. The smallest absolute Gasteiger partial charge is 0.331 e. The van der Waals surface area contributed by atoms with Gasteiger partial charge in [0.25, 0.3) is 0 Å². The van der Waals surface area contributed by atoms with Crippen molar-refractivity contribution >= 4 is 23.6 Å². The van der Waals surface area contributed by atoms with Crippen molar-refractivity contribution in [3.05, 3.63) is 24.3 Å². The van der Waals surface area contributed by atoms with Crippen molar-refractivity contribution < 1.29 is 19.1 Å². The van der Waals surface area contributed by atoms with E-state index < -0.39 is 11.5 Å². The Labute approximate surface area is 135 Å². The number of benzene rings is 1. The van der Waals surface area contributed by atoms with Crippen LogP contribution < -0.4 is 10.1 Å². The number of esters is 1. The molecule has 5 nitrogen and oxygen atoms in total. The van der Waals surface area contributed by atoms with Gasteiger partial charge >= 0.3 is 5.97 Å². The van der Waals surface area contributed by atoms with Crippen molar-refractivity contribution in [3.63, 3.8) is 0 Å². The fraction of sp³-hybridized carbons (Fsp3) is 0.500. The number of carbonyl (C=O) groups is 2. The maximum absolute atomic E-state index is 12.3. The van der Waals surface area contributed by atoms with Crippen LogP contribution >= 0.6 is 11.8 Å². The number of carbonyl (C=O) groups excluding carboxylic acids is 2. The lowest BCUT2D eigenvalue weighted by Crippen LogP contribution is -2.54. The zero-order valence-corrected chi connectivity index (χ0v) is 14.5. The monoisotopic (exact) mass is 325 g/mol. The van der Waals surface area contributed by atoms with E-state index in [4.69, 9.17) is 9.47 Å². The molecule has 2 atom stereocenters. The minimum atomic E-state index is -0.999. The first kappa shape index (κ1) is 18.4. The average molecular weight is 325 g/mol. The van der Waals surface area contributed by atoms with Crippen molar-refractivity contribution in [3.8, 4) is 5.75 Å². The zero-order valence-electron chi connectivity index (χ0n) is 13.6. The Bertz CT molecular complexity index is 517. The van der Waals surface area contributed by atoms with Crippen LogP contribution in [0.5, 0.6) is 5.75 Å². The van der Waals surface area contributed by atoms with E-state index in [1.165, 1.54) is 18.9 Å². The van der Waals surface area contributed by atoms with Crippen LogP contribution in [0.4, 0.5) is 0 Å². The highest BCUT2D eigenvalue weighted by Crippen LogP contribution is 2.26. The third kappa shape index (κ3) is 4.66. The third-order valence-electron chi connectivity index (χ3n) is 3.48. The summed E-state index contributed by atoms with van der Waals surface area (Å²) in [4.78, 5) is 25.1. The van der Waals surface area contributed by atoms with Crippen LogP contribution in [0.3, 0.4) is 0 Å². The molecule has 1 rings (SSSR count). The fourth-order valence-electron chi connectivity index (χ4n) is 1.79. The van der Waals surface area contributed by atoms with E-state index in [0.717, 1.165) is 10.6 Å². The predicted molar refractivity (Wildman–Crippen MR) is 87.2 cm³/mol. The van der Waals surface area contributed by atoms with Gasteiger partial charge < -0.3 is 14.8 Å². The maximum atomic E-state index is 12.3. The van der Waals surface area contributed by atoms with E-state index in [9.17, 15) is 9.59 Å². The van der Waals surface area contributed by atoms with Gasteiger partial charge in [-0.1, -0.05) is 6.92 Å². The Hall–Kier alpha value is -1.69. The first-order valence-corrected chi connectivity index (χ1v) is 7.95. The van der Waals surface area contributed by atoms with Crippen LogP contribution in [0.2, 0.25) is 0 Å². The zero-order chi connectivity index (χ0) is 16.8. The lowest BCUT2D eigenvalue weighted by molar-refractivity contribution is -0.150. The molecule has 0 aliphatic carbocycles. The van der Waals surface area contributed by atoms with Gasteiger partial charge in [0.05, 0.1) is 19.5 Å². The molecule has 22 heavy (non-hydrogen) atoms. The third-order valence-corrected chi connectivity index (χ3v) is 4.60. The SMILES string of the molecule is CC[C@](C)(NC(=O)[C@@H](C)Sc1ccc(OC)cc1)C(=O)OC. The number of methoxy groups -OCH3 is 2. The molecule has 0 aromatic heterocycles. The van der Waals surface area contributed by atoms with Crippen LogP contribution in [-0.4, -0.2) is 36.9 Å². The Morgan fingerprint density at radius 3 is 2.32 bits per heavy atom. The molecule has 1 amide bonds. The van der Waals surface area contributed by atoms with Gasteiger partial charge in [0, 0.05) is 4.90 Å². The molecule has 0 aliphatic rings. The van der Waals surface area contributed by atoms with Crippen LogP contribution in [0.25, 0.3) is 0 Å². The topological polar surface area (TPSA) is 64.6 Å². The van der Waals surface area contributed by atoms with E-state index in [1.54, 1.807) is 21.0 Å². The molecule has 0 radical (unpaired) electrons. The number of ether oxygens (including phenoxy) is 2. The highest BCUT2D eigenvalue weighted by Gasteiger charge is 2.35. The van der Waals surface area contributed by atoms with Crippen LogP contribution in [0.15, 0.2) is 29.2 Å². The van der Waals surface area contributed by atoms with Gasteiger partial charge in [0.15, 0.2) is 0 Å². The second-order valence-electron chi connectivity index (χ2n) is 5.10. The van der Waals surface area contributed by atoms with Gasteiger partial charge in [-0.3, -0.25) is 4.79 Å². The first-order chi connectivity index (χ1) is 10.4. The Balaban J connectivity index is 2.69. The van der Waals surface area contributed by atoms with Gasteiger partial charge in [-0.2, -0.15) is 0 Å². The van der Waals surface area contributed by atoms with Crippen molar-refractivity contribution in [1.29, 1.82) is 0 Å². The standard InChI is InChI=1S/C16H23NO4S/c1-6-16(3,15(19)21-5)17-14(18)11(2)22-13-9-7-12(20-4)8-10-13/h7-11H,6H2,1-5H3,(H,17,18)/t11-,16+/m1/s1. The average Bonchev–Trinajstić information content (AvgIpc) is 2.54. The molecule has 0 saturated carbocycles. The fourth-order valence-corrected chi connectivity index (χ4v) is 2.66. The molecule has 6 heteroatoms. The lowest BCUT2D eigenvalue weighted by Gasteiger charge is -2.27. The number of rotatable bonds is 7. The highest BCUT2D eigenvalue weighted by molar-refractivity contribution is 8.00. The second kappa shape index (κ2) is 8.08. The molecule has 1 aromatic rings. The number of hydrogen-bond donors (Lipinski definition) is 1. The molecular weight excluding hydrogens is 302 g/mol. The molecule has 0 bridgehead atoms. The van der Waals surface area contributed by atoms with Gasteiger partial charge in [-0.15, -0.1) is 11.8 Å². The summed E-state index contributed by atoms with van der Waals surface area (Å²) in [5.41, 5.74) is -0.999. The van der Waals surface area contributed by atoms with Crippen molar-refractivity contribution in [2.45, 2.75) is 42.9 Å². The largest absolute Gasteiger partial charge is 0.497 e. The molecule has 0 unspecified atom stereocenters. The number of thioether (sulfide) groups is 1. The Morgan fingerprint density at radius 1 is 1.27 bits per heavy atom. The number of hydrogen-bond acceptors (Lipinski definition) is 5. The molecule has 0 heterocycles. The maximum Gasteiger partial charge on any atom is 0.331 e. The molecule has 0 aliphatic heterocycles. The summed E-state index contributed by atoms with van der Waals surface area (Å²) in [6, 6.07) is 7.48. The van der Waals surface area contributed by atoms with Gasteiger partial charge in [0.1, 0.15) is 11.3 Å². The van der Waals surface area contributed by atoms with E-state index in [-0.39, 0.29) is 11.2 Å². The van der Waals surface area contributed by atoms with Crippen molar-refractivity contribution in [2.75, 3.05) is 14.2 Å². The minimum Gasteiger partial charge on any atom is -0.497 e. The normalized spacial score (nSPS) is 14.6. The predicted octanol–water partition coefficient (Wildman–Crippen LogP) is 2.63.